The van der Waals surface area contributed by atoms with E-state index >= 15 is 0 Å². The van der Waals surface area contributed by atoms with E-state index in [1.165, 1.54) is 18.5 Å². The van der Waals surface area contributed by atoms with Crippen LogP contribution in [0.3, 0.4) is 0 Å². The van der Waals surface area contributed by atoms with Crippen molar-refractivity contribution in [3.8, 4) is 11.1 Å². The fourth-order valence-corrected chi connectivity index (χ4v) is 4.33. The SMILES string of the molecule is CN(C)C[C@H](c1ccc(C(F)(F)F)cc1)N1CCN(c2ncncc2-c2ccc(F)cc2)CC1. The van der Waals surface area contributed by atoms with Gasteiger partial charge in [-0.15, -0.1) is 0 Å². The van der Waals surface area contributed by atoms with E-state index in [9.17, 15) is 17.6 Å². The summed E-state index contributed by atoms with van der Waals surface area (Å²) >= 11 is 0. The van der Waals surface area contributed by atoms with Crippen LogP contribution in [-0.2, 0) is 6.18 Å². The van der Waals surface area contributed by atoms with Crippen molar-refractivity contribution in [2.24, 2.45) is 0 Å². The highest BCUT2D eigenvalue weighted by molar-refractivity contribution is 5.75. The molecule has 0 saturated carbocycles. The first-order valence-corrected chi connectivity index (χ1v) is 11.1. The maximum atomic E-state index is 13.4. The standard InChI is InChI=1S/C25H27F4N5/c1-32(2)16-23(19-3-7-20(8-4-19)25(27,28)29)33-11-13-34(14-12-33)24-22(15-30-17-31-24)18-5-9-21(26)10-6-18/h3-10,15,17,23H,11-14,16H2,1-2H3/t23-/m1/s1. The summed E-state index contributed by atoms with van der Waals surface area (Å²) in [6.07, 6.45) is -1.11. The van der Waals surface area contributed by atoms with Crippen molar-refractivity contribution >= 4 is 5.82 Å². The van der Waals surface area contributed by atoms with Gasteiger partial charge in [0.15, 0.2) is 0 Å². The van der Waals surface area contributed by atoms with Crippen LogP contribution >= 0.6 is 0 Å². The van der Waals surface area contributed by atoms with E-state index in [0.717, 1.165) is 47.7 Å². The summed E-state index contributed by atoms with van der Waals surface area (Å²) in [4.78, 5) is 15.2. The van der Waals surface area contributed by atoms with E-state index in [0.29, 0.717) is 19.6 Å². The molecule has 0 bridgehead atoms. The molecule has 4 rings (SSSR count). The number of anilines is 1. The summed E-state index contributed by atoms with van der Waals surface area (Å²) in [5.41, 5.74) is 1.91. The predicted molar refractivity (Wildman–Crippen MR) is 124 cm³/mol. The highest BCUT2D eigenvalue weighted by Crippen LogP contribution is 2.33. The van der Waals surface area contributed by atoms with Crippen molar-refractivity contribution in [1.29, 1.82) is 0 Å². The van der Waals surface area contributed by atoms with Crippen LogP contribution in [0.15, 0.2) is 61.1 Å². The monoisotopic (exact) mass is 473 g/mol. The number of benzene rings is 2. The number of likely N-dealkylation sites (N-methyl/N-ethyl adjacent to an activating group) is 1. The number of hydrogen-bond acceptors (Lipinski definition) is 5. The summed E-state index contributed by atoms with van der Waals surface area (Å²) in [5.74, 6) is 0.492. The van der Waals surface area contributed by atoms with Crippen molar-refractivity contribution in [1.82, 2.24) is 19.8 Å². The molecule has 2 heterocycles. The Morgan fingerprint density at radius 2 is 1.59 bits per heavy atom. The van der Waals surface area contributed by atoms with E-state index in [2.05, 4.69) is 19.8 Å². The van der Waals surface area contributed by atoms with Gasteiger partial charge >= 0.3 is 6.18 Å². The summed E-state index contributed by atoms with van der Waals surface area (Å²) < 4.78 is 52.4. The Balaban J connectivity index is 1.51. The zero-order valence-electron chi connectivity index (χ0n) is 19.1. The van der Waals surface area contributed by atoms with Gasteiger partial charge in [-0.05, 0) is 49.5 Å². The molecule has 9 heteroatoms. The quantitative estimate of drug-likeness (QED) is 0.484. The average molecular weight is 474 g/mol. The number of hydrogen-bond donors (Lipinski definition) is 0. The van der Waals surface area contributed by atoms with Gasteiger partial charge in [0.2, 0.25) is 0 Å². The minimum atomic E-state index is -4.35. The maximum Gasteiger partial charge on any atom is 0.416 e. The Morgan fingerprint density at radius 3 is 2.18 bits per heavy atom. The van der Waals surface area contributed by atoms with E-state index in [1.807, 2.05) is 19.0 Å². The molecular formula is C25H27F4N5. The van der Waals surface area contributed by atoms with Crippen molar-refractivity contribution in [2.45, 2.75) is 12.2 Å². The Morgan fingerprint density at radius 1 is 0.941 bits per heavy atom. The molecule has 1 aromatic heterocycles. The highest BCUT2D eigenvalue weighted by atomic mass is 19.4. The summed E-state index contributed by atoms with van der Waals surface area (Å²) in [5, 5.41) is 0. The molecule has 1 saturated heterocycles. The van der Waals surface area contributed by atoms with Gasteiger partial charge < -0.3 is 9.80 Å². The number of rotatable bonds is 6. The minimum absolute atomic E-state index is 0.0265. The minimum Gasteiger partial charge on any atom is -0.353 e. The maximum absolute atomic E-state index is 13.4. The molecule has 1 aliphatic rings. The first-order chi connectivity index (χ1) is 16.2. The van der Waals surface area contributed by atoms with Gasteiger partial charge in [0.25, 0.3) is 0 Å². The van der Waals surface area contributed by atoms with Gasteiger partial charge in [0, 0.05) is 50.5 Å². The molecule has 180 valence electrons. The molecule has 1 fully saturated rings. The van der Waals surface area contributed by atoms with Crippen LogP contribution in [0.5, 0.6) is 0 Å². The number of alkyl halides is 3. The number of nitrogens with zero attached hydrogens (tertiary/aromatic N) is 5. The normalized spacial score (nSPS) is 16.1. The lowest BCUT2D eigenvalue weighted by Gasteiger charge is -2.41. The number of aromatic nitrogens is 2. The molecule has 5 nitrogen and oxygen atoms in total. The Labute approximate surface area is 196 Å². The summed E-state index contributed by atoms with van der Waals surface area (Å²) in [7, 11) is 3.92. The lowest BCUT2D eigenvalue weighted by atomic mass is 10.0. The second-order valence-electron chi connectivity index (χ2n) is 8.69. The van der Waals surface area contributed by atoms with Crippen LogP contribution in [0, 0.1) is 5.82 Å². The molecule has 0 radical (unpaired) electrons. The van der Waals surface area contributed by atoms with Crippen molar-refractivity contribution in [3.05, 3.63) is 78.0 Å². The van der Waals surface area contributed by atoms with Gasteiger partial charge in [0.05, 0.1) is 5.56 Å². The molecule has 0 aliphatic carbocycles. The van der Waals surface area contributed by atoms with Gasteiger partial charge in [0.1, 0.15) is 18.0 Å². The molecule has 0 amide bonds. The second kappa shape index (κ2) is 10.1. The average Bonchev–Trinajstić information content (AvgIpc) is 2.83. The highest BCUT2D eigenvalue weighted by Gasteiger charge is 2.31. The fraction of sp³-hybridized carbons (Fsp3) is 0.360. The van der Waals surface area contributed by atoms with Crippen LogP contribution in [-0.4, -0.2) is 66.6 Å². The molecule has 0 spiro atoms. The van der Waals surface area contributed by atoms with E-state index in [4.69, 9.17) is 0 Å². The van der Waals surface area contributed by atoms with Crippen LogP contribution in [0.25, 0.3) is 11.1 Å². The lowest BCUT2D eigenvalue weighted by molar-refractivity contribution is -0.137. The topological polar surface area (TPSA) is 35.5 Å². The summed E-state index contributed by atoms with van der Waals surface area (Å²) in [6.45, 7) is 3.56. The smallest absolute Gasteiger partial charge is 0.353 e. The van der Waals surface area contributed by atoms with E-state index < -0.39 is 11.7 Å². The summed E-state index contributed by atoms with van der Waals surface area (Å²) in [6, 6.07) is 11.7. The molecule has 0 N–H and O–H groups in total. The predicted octanol–water partition coefficient (Wildman–Crippen LogP) is 4.73. The molecule has 3 aromatic rings. The Bertz CT molecular complexity index is 1080. The molecule has 1 aliphatic heterocycles. The first kappa shape index (κ1) is 24.1. The van der Waals surface area contributed by atoms with Crippen LogP contribution in [0.2, 0.25) is 0 Å². The molecular weight excluding hydrogens is 446 g/mol. The van der Waals surface area contributed by atoms with Crippen molar-refractivity contribution < 1.29 is 17.6 Å². The van der Waals surface area contributed by atoms with Gasteiger partial charge in [-0.2, -0.15) is 13.2 Å². The number of halogens is 4. The number of piperazine rings is 1. The van der Waals surface area contributed by atoms with Gasteiger partial charge in [-0.1, -0.05) is 24.3 Å². The molecule has 1 atom stereocenters. The van der Waals surface area contributed by atoms with Crippen molar-refractivity contribution in [2.75, 3.05) is 51.7 Å². The Hall–Kier alpha value is -3.04. The first-order valence-electron chi connectivity index (χ1n) is 11.1. The van der Waals surface area contributed by atoms with Crippen molar-refractivity contribution in [3.63, 3.8) is 0 Å². The third-order valence-corrected chi connectivity index (χ3v) is 6.06. The molecule has 34 heavy (non-hydrogen) atoms. The fourth-order valence-electron chi connectivity index (χ4n) is 4.33. The second-order valence-corrected chi connectivity index (χ2v) is 8.69. The third kappa shape index (κ3) is 5.53. The molecule has 0 unspecified atom stereocenters. The lowest BCUT2D eigenvalue weighted by Crippen LogP contribution is -2.49. The van der Waals surface area contributed by atoms with Gasteiger partial charge in [-0.25, -0.2) is 14.4 Å². The van der Waals surface area contributed by atoms with E-state index in [-0.39, 0.29) is 11.9 Å². The largest absolute Gasteiger partial charge is 0.416 e. The zero-order valence-corrected chi connectivity index (χ0v) is 19.1. The third-order valence-electron chi connectivity index (χ3n) is 6.06. The molecule has 2 aromatic carbocycles. The van der Waals surface area contributed by atoms with Crippen LogP contribution in [0.1, 0.15) is 17.2 Å². The van der Waals surface area contributed by atoms with Crippen LogP contribution < -0.4 is 4.90 Å². The van der Waals surface area contributed by atoms with Crippen LogP contribution in [0.4, 0.5) is 23.4 Å². The zero-order chi connectivity index (χ0) is 24.3. The van der Waals surface area contributed by atoms with Gasteiger partial charge in [-0.3, -0.25) is 4.90 Å². The van der Waals surface area contributed by atoms with E-state index in [1.54, 1.807) is 30.5 Å². The Kier molecular flexibility index (Phi) is 7.13.